The van der Waals surface area contributed by atoms with E-state index in [1.807, 2.05) is 34.9 Å². The third-order valence-corrected chi connectivity index (χ3v) is 7.99. The smallest absolute Gasteiger partial charge is 0.378 e. The highest BCUT2D eigenvalue weighted by atomic mass is 31.2. The van der Waals surface area contributed by atoms with E-state index in [1.165, 1.54) is 25.0 Å². The molecule has 2 aliphatic carbocycles. The summed E-state index contributed by atoms with van der Waals surface area (Å²) in [7, 11) is -2.78. The van der Waals surface area contributed by atoms with Crippen LogP contribution in [-0.4, -0.2) is 51.3 Å². The minimum absolute atomic E-state index is 0.000883. The maximum Gasteiger partial charge on any atom is 0.458 e. The summed E-state index contributed by atoms with van der Waals surface area (Å²) in [5.41, 5.74) is 12.4. The van der Waals surface area contributed by atoms with Gasteiger partial charge >= 0.3 is 13.7 Å². The Kier molecular flexibility index (Phi) is 7.83. The van der Waals surface area contributed by atoms with E-state index in [0.29, 0.717) is 35.0 Å². The zero-order valence-corrected chi connectivity index (χ0v) is 23.7. The van der Waals surface area contributed by atoms with Crippen LogP contribution in [0.5, 0.6) is 0 Å². The first-order valence-corrected chi connectivity index (χ1v) is 14.8. The van der Waals surface area contributed by atoms with Crippen LogP contribution in [0.15, 0.2) is 48.8 Å². The Hall–Kier alpha value is -3.51. The Balaban J connectivity index is 1.19. The molecule has 3 aromatic rings. The lowest BCUT2D eigenvalue weighted by atomic mass is 10.1. The summed E-state index contributed by atoms with van der Waals surface area (Å²) < 4.78 is 25.5. The highest BCUT2D eigenvalue weighted by molar-refractivity contribution is 7.51. The lowest BCUT2D eigenvalue weighted by molar-refractivity contribution is -0.143. The minimum atomic E-state index is -4.21. The van der Waals surface area contributed by atoms with Gasteiger partial charge in [-0.3, -0.25) is 9.36 Å². The molecular weight excluding hydrogens is 535 g/mol. The van der Waals surface area contributed by atoms with Gasteiger partial charge in [0.2, 0.25) is 5.95 Å². The standard InChI is InChI=1S/C26H35N8O5P/c1-26(2,34(37-3)19-7-5-4-6-8-19)24(35)39-40(28,36)38-15-18-11-12-20(13-18)33-16-30-21-22(29-14-17-9-10-17)31-25(27)32-23(21)33/h4-8,11-12,16-18,20H,9-10,13-15H2,1-3H3,(H2,28,36)(H3,27,29,31,32)/t18-,20+,40?/m1/s1. The molecule has 2 heterocycles. The summed E-state index contributed by atoms with van der Waals surface area (Å²) in [5, 5.41) is 4.70. The number of para-hydroxylation sites is 1. The molecule has 1 fully saturated rings. The fourth-order valence-corrected chi connectivity index (χ4v) is 5.61. The molecule has 5 rings (SSSR count). The van der Waals surface area contributed by atoms with Crippen molar-refractivity contribution in [2.45, 2.75) is 44.7 Å². The zero-order valence-electron chi connectivity index (χ0n) is 22.8. The maximum atomic E-state index is 13.0. The Labute approximate surface area is 232 Å². The molecule has 13 nitrogen and oxygen atoms in total. The molecule has 40 heavy (non-hydrogen) atoms. The number of rotatable bonds is 12. The predicted molar refractivity (Wildman–Crippen MR) is 151 cm³/mol. The lowest BCUT2D eigenvalue weighted by Crippen LogP contribution is -2.50. The van der Waals surface area contributed by atoms with Gasteiger partial charge in [0.15, 0.2) is 22.5 Å². The largest absolute Gasteiger partial charge is 0.458 e. The van der Waals surface area contributed by atoms with Gasteiger partial charge in [-0.25, -0.2) is 24.9 Å². The topological polar surface area (TPSA) is 173 Å². The molecule has 214 valence electrons. The average molecular weight is 571 g/mol. The van der Waals surface area contributed by atoms with Crippen molar-refractivity contribution in [2.75, 3.05) is 36.4 Å². The van der Waals surface area contributed by atoms with Crippen molar-refractivity contribution in [1.29, 1.82) is 0 Å². The number of hydroxylamine groups is 1. The van der Waals surface area contributed by atoms with Crippen molar-refractivity contribution >= 4 is 42.3 Å². The van der Waals surface area contributed by atoms with Crippen LogP contribution in [0.4, 0.5) is 17.5 Å². The van der Waals surface area contributed by atoms with E-state index in [4.69, 9.17) is 25.1 Å². The van der Waals surface area contributed by atoms with Crippen LogP contribution >= 0.6 is 7.75 Å². The second-order valence-corrected chi connectivity index (χ2v) is 12.1. The minimum Gasteiger partial charge on any atom is -0.378 e. The summed E-state index contributed by atoms with van der Waals surface area (Å²) in [6, 6.07) is 8.92. The number of nitrogens with two attached hydrogens (primary N) is 2. The molecule has 3 atom stereocenters. The van der Waals surface area contributed by atoms with Crippen molar-refractivity contribution in [3.8, 4) is 0 Å². The fraction of sp³-hybridized carbons (Fsp3) is 0.462. The number of allylic oxidation sites excluding steroid dienone is 1. The summed E-state index contributed by atoms with van der Waals surface area (Å²) in [4.78, 5) is 31.7. The van der Waals surface area contributed by atoms with Crippen LogP contribution in [0.2, 0.25) is 0 Å². The molecule has 2 aliphatic rings. The SMILES string of the molecule is CON(c1ccccc1)C(C)(C)C(=O)OP(N)(=O)OC[C@@H]1C=C[C@H](n2cnc3c(NCC4CC4)nc(N)nc32)C1. The van der Waals surface area contributed by atoms with Crippen LogP contribution in [0.1, 0.15) is 39.2 Å². The summed E-state index contributed by atoms with van der Waals surface area (Å²) in [6.07, 6.45) is 8.70. The maximum absolute atomic E-state index is 13.0. The molecule has 0 amide bonds. The Morgan fingerprint density at radius 2 is 1.98 bits per heavy atom. The number of imidazole rings is 1. The molecule has 0 aliphatic heterocycles. The molecular formula is C26H35N8O5P. The number of nitrogens with one attached hydrogen (secondary N) is 1. The van der Waals surface area contributed by atoms with Crippen molar-refractivity contribution in [1.82, 2.24) is 19.5 Å². The number of nitrogen functional groups attached to an aromatic ring is 1. The van der Waals surface area contributed by atoms with Gasteiger partial charge in [0.05, 0.1) is 31.8 Å². The normalized spacial score (nSPS) is 20.4. The van der Waals surface area contributed by atoms with Crippen LogP contribution in [-0.2, 0) is 23.2 Å². The second-order valence-electron chi connectivity index (χ2n) is 10.6. The summed E-state index contributed by atoms with van der Waals surface area (Å²) in [6.45, 7) is 3.99. The Bertz CT molecular complexity index is 1440. The quantitative estimate of drug-likeness (QED) is 0.163. The first-order valence-electron chi connectivity index (χ1n) is 13.2. The van der Waals surface area contributed by atoms with Crippen LogP contribution in [0.25, 0.3) is 11.2 Å². The van der Waals surface area contributed by atoms with Gasteiger partial charge in [0.1, 0.15) is 0 Å². The third kappa shape index (κ3) is 6.12. The van der Waals surface area contributed by atoms with Crippen LogP contribution in [0, 0.1) is 11.8 Å². The van der Waals surface area contributed by atoms with Gasteiger partial charge in [0, 0.05) is 12.5 Å². The van der Waals surface area contributed by atoms with E-state index in [2.05, 4.69) is 20.3 Å². The third-order valence-electron chi connectivity index (χ3n) is 7.06. The van der Waals surface area contributed by atoms with Crippen molar-refractivity contribution in [3.63, 3.8) is 0 Å². The molecule has 1 saturated carbocycles. The van der Waals surface area contributed by atoms with Gasteiger partial charge in [-0.15, -0.1) is 0 Å². The first kappa shape index (κ1) is 28.0. The summed E-state index contributed by atoms with van der Waals surface area (Å²) in [5.74, 6) is 0.485. The van der Waals surface area contributed by atoms with E-state index >= 15 is 0 Å². The molecule has 5 N–H and O–H groups in total. The number of fused-ring (bicyclic) bond motifs is 1. The lowest BCUT2D eigenvalue weighted by Gasteiger charge is -2.36. The average Bonchev–Trinajstić information content (AvgIpc) is 3.46. The Morgan fingerprint density at radius 3 is 2.67 bits per heavy atom. The van der Waals surface area contributed by atoms with E-state index in [-0.39, 0.29) is 24.5 Å². The second kappa shape index (κ2) is 11.2. The number of carbonyl (C=O) groups excluding carboxylic acids is 1. The van der Waals surface area contributed by atoms with Crippen LogP contribution in [0.3, 0.4) is 0 Å². The predicted octanol–water partition coefficient (Wildman–Crippen LogP) is 3.82. The number of nitrogens with zero attached hydrogens (tertiary/aromatic N) is 5. The van der Waals surface area contributed by atoms with E-state index in [1.54, 1.807) is 32.3 Å². The number of benzene rings is 1. The molecule has 0 radical (unpaired) electrons. The van der Waals surface area contributed by atoms with E-state index in [9.17, 15) is 9.36 Å². The van der Waals surface area contributed by atoms with Gasteiger partial charge in [-0.1, -0.05) is 30.4 Å². The number of aromatic nitrogens is 4. The molecule has 1 unspecified atom stereocenters. The number of anilines is 3. The monoisotopic (exact) mass is 570 g/mol. The fourth-order valence-electron chi connectivity index (χ4n) is 4.70. The van der Waals surface area contributed by atoms with Crippen LogP contribution < -0.4 is 21.6 Å². The Morgan fingerprint density at radius 1 is 1.23 bits per heavy atom. The molecule has 0 bridgehead atoms. The van der Waals surface area contributed by atoms with Crippen molar-refractivity contribution in [3.05, 3.63) is 48.8 Å². The van der Waals surface area contributed by atoms with Crippen molar-refractivity contribution < 1.29 is 23.2 Å². The van der Waals surface area contributed by atoms with Gasteiger partial charge in [-0.2, -0.15) is 9.97 Å². The summed E-state index contributed by atoms with van der Waals surface area (Å²) >= 11 is 0. The van der Waals surface area contributed by atoms with E-state index in [0.717, 1.165) is 6.54 Å². The zero-order chi connectivity index (χ0) is 28.5. The van der Waals surface area contributed by atoms with Gasteiger partial charge in [-0.05, 0) is 51.2 Å². The molecule has 0 saturated heterocycles. The molecule has 2 aromatic heterocycles. The molecule has 1 aromatic carbocycles. The highest BCUT2D eigenvalue weighted by Gasteiger charge is 2.41. The number of hydrogen-bond acceptors (Lipinski definition) is 11. The van der Waals surface area contributed by atoms with Crippen molar-refractivity contribution in [2.24, 2.45) is 17.3 Å². The van der Waals surface area contributed by atoms with E-state index < -0.39 is 19.3 Å². The van der Waals surface area contributed by atoms with Gasteiger partial charge < -0.3 is 20.1 Å². The first-order chi connectivity index (χ1) is 19.1. The molecule has 14 heteroatoms. The van der Waals surface area contributed by atoms with Gasteiger partial charge in [0.25, 0.3) is 0 Å². The number of carbonyl (C=O) groups is 1. The number of hydrogen-bond donors (Lipinski definition) is 3. The molecule has 0 spiro atoms. The highest BCUT2D eigenvalue weighted by Crippen LogP contribution is 2.43.